The lowest BCUT2D eigenvalue weighted by Gasteiger charge is -2.22. The van der Waals surface area contributed by atoms with Gasteiger partial charge in [-0.1, -0.05) is 0 Å². The van der Waals surface area contributed by atoms with E-state index in [1.807, 2.05) is 13.8 Å². The van der Waals surface area contributed by atoms with Crippen LogP contribution in [0.3, 0.4) is 0 Å². The van der Waals surface area contributed by atoms with Gasteiger partial charge in [0.25, 0.3) is 0 Å². The average Bonchev–Trinajstić information content (AvgIpc) is 2.12. The van der Waals surface area contributed by atoms with Crippen LogP contribution in [-0.4, -0.2) is 31.7 Å². The molecule has 0 aromatic rings. The van der Waals surface area contributed by atoms with E-state index in [-0.39, 0.29) is 11.5 Å². The number of carbonyl (C=O) groups is 1. The Labute approximate surface area is 79.8 Å². The quantitative estimate of drug-likeness (QED) is 0.588. The summed E-state index contributed by atoms with van der Waals surface area (Å²) in [6.45, 7) is 4.95. The van der Waals surface area contributed by atoms with Gasteiger partial charge >= 0.3 is 0 Å². The highest BCUT2D eigenvalue weighted by atomic mass is 16.5. The van der Waals surface area contributed by atoms with Gasteiger partial charge in [-0.3, -0.25) is 4.79 Å². The van der Waals surface area contributed by atoms with Crippen molar-refractivity contribution in [1.29, 1.82) is 0 Å². The molecular formula is C9H20N2O2. The van der Waals surface area contributed by atoms with E-state index in [4.69, 9.17) is 10.5 Å². The molecule has 0 saturated heterocycles. The molecule has 0 unspecified atom stereocenters. The molecule has 0 aliphatic heterocycles. The van der Waals surface area contributed by atoms with Crippen LogP contribution in [0, 0.1) is 0 Å². The molecule has 13 heavy (non-hydrogen) atoms. The topological polar surface area (TPSA) is 64.3 Å². The molecule has 4 nitrogen and oxygen atoms in total. The maximum absolute atomic E-state index is 10.8. The van der Waals surface area contributed by atoms with Gasteiger partial charge in [0.15, 0.2) is 0 Å². The largest absolute Gasteiger partial charge is 0.374 e. The van der Waals surface area contributed by atoms with Gasteiger partial charge in [-0.05, 0) is 20.3 Å². The lowest BCUT2D eigenvalue weighted by atomic mass is 10.1. The molecule has 0 atom stereocenters. The monoisotopic (exact) mass is 188 g/mol. The van der Waals surface area contributed by atoms with Crippen molar-refractivity contribution in [1.82, 2.24) is 5.32 Å². The van der Waals surface area contributed by atoms with Gasteiger partial charge in [0.2, 0.25) is 5.91 Å². The third kappa shape index (κ3) is 6.54. The Morgan fingerprint density at radius 1 is 1.54 bits per heavy atom. The zero-order valence-electron chi connectivity index (χ0n) is 8.72. The van der Waals surface area contributed by atoms with E-state index in [2.05, 4.69) is 5.32 Å². The van der Waals surface area contributed by atoms with Crippen LogP contribution in [0.2, 0.25) is 0 Å². The molecule has 1 amide bonds. The summed E-state index contributed by atoms with van der Waals surface area (Å²) in [4.78, 5) is 10.8. The second-order valence-electron chi connectivity index (χ2n) is 3.59. The van der Waals surface area contributed by atoms with Crippen molar-refractivity contribution in [3.63, 3.8) is 0 Å². The summed E-state index contributed by atoms with van der Waals surface area (Å²) in [5.74, 6) is 0.0501. The lowest BCUT2D eigenvalue weighted by Crippen LogP contribution is -2.34. The van der Waals surface area contributed by atoms with E-state index in [0.717, 1.165) is 6.42 Å². The average molecular weight is 188 g/mol. The number of amides is 1. The molecular weight excluding hydrogens is 168 g/mol. The van der Waals surface area contributed by atoms with Gasteiger partial charge in [-0.15, -0.1) is 0 Å². The molecule has 0 heterocycles. The number of hydrogen-bond donors (Lipinski definition) is 2. The Kier molecular flexibility index (Phi) is 5.66. The summed E-state index contributed by atoms with van der Waals surface area (Å²) >= 11 is 0. The van der Waals surface area contributed by atoms with Crippen LogP contribution in [0.4, 0.5) is 0 Å². The second kappa shape index (κ2) is 5.94. The highest BCUT2D eigenvalue weighted by Gasteiger charge is 2.14. The maximum Gasteiger partial charge on any atom is 0.219 e. The highest BCUT2D eigenvalue weighted by Crippen LogP contribution is 2.07. The van der Waals surface area contributed by atoms with Gasteiger partial charge in [0, 0.05) is 26.6 Å². The second-order valence-corrected chi connectivity index (χ2v) is 3.59. The van der Waals surface area contributed by atoms with Gasteiger partial charge in [0.1, 0.15) is 0 Å². The molecule has 3 N–H and O–H groups in total. The van der Waals surface area contributed by atoms with E-state index in [1.54, 1.807) is 7.05 Å². The number of carbonyl (C=O) groups excluding carboxylic acids is 1. The van der Waals surface area contributed by atoms with Crippen LogP contribution in [0.5, 0.6) is 0 Å². The molecule has 0 aliphatic carbocycles. The summed E-state index contributed by atoms with van der Waals surface area (Å²) in [6.07, 6.45) is 1.25. The lowest BCUT2D eigenvalue weighted by molar-refractivity contribution is -0.121. The van der Waals surface area contributed by atoms with Crippen molar-refractivity contribution in [2.24, 2.45) is 5.73 Å². The van der Waals surface area contributed by atoms with Crippen molar-refractivity contribution < 1.29 is 9.53 Å². The summed E-state index contributed by atoms with van der Waals surface area (Å²) in [5, 5.41) is 2.56. The normalized spacial score (nSPS) is 11.4. The number of ether oxygens (including phenoxy) is 1. The minimum atomic E-state index is -0.275. The Balaban J connectivity index is 3.41. The number of hydrogen-bond acceptors (Lipinski definition) is 3. The van der Waals surface area contributed by atoms with Crippen molar-refractivity contribution in [2.45, 2.75) is 32.3 Å². The summed E-state index contributed by atoms with van der Waals surface area (Å²) in [7, 11) is 1.63. The van der Waals surface area contributed by atoms with E-state index < -0.39 is 0 Å². The first-order chi connectivity index (χ1) is 6.02. The minimum absolute atomic E-state index is 0.0501. The van der Waals surface area contributed by atoms with E-state index >= 15 is 0 Å². The predicted molar refractivity (Wildman–Crippen MR) is 52.4 cm³/mol. The number of rotatable bonds is 6. The zero-order chi connectivity index (χ0) is 10.3. The minimum Gasteiger partial charge on any atom is -0.374 e. The zero-order valence-corrected chi connectivity index (χ0v) is 8.72. The first-order valence-corrected chi connectivity index (χ1v) is 4.56. The molecule has 0 radical (unpaired) electrons. The number of nitrogens with two attached hydrogens (primary N) is 1. The Bertz CT molecular complexity index is 158. The Morgan fingerprint density at radius 2 is 2.15 bits per heavy atom. The maximum atomic E-state index is 10.8. The summed E-state index contributed by atoms with van der Waals surface area (Å²) < 4.78 is 5.47. The van der Waals surface area contributed by atoms with Crippen LogP contribution in [-0.2, 0) is 9.53 Å². The van der Waals surface area contributed by atoms with Crippen LogP contribution in [0.1, 0.15) is 26.7 Å². The van der Waals surface area contributed by atoms with Crippen LogP contribution >= 0.6 is 0 Å². The van der Waals surface area contributed by atoms with Crippen molar-refractivity contribution in [3.8, 4) is 0 Å². The van der Waals surface area contributed by atoms with Crippen molar-refractivity contribution in [2.75, 3.05) is 20.2 Å². The summed E-state index contributed by atoms with van der Waals surface area (Å²) in [5.41, 5.74) is 5.20. The predicted octanol–water partition coefficient (Wildman–Crippen LogP) is 0.267. The molecule has 78 valence electrons. The first kappa shape index (κ1) is 12.4. The Morgan fingerprint density at radius 3 is 2.62 bits per heavy atom. The standard InChI is InChI=1S/C9H20N2O2/c1-9(2,7-10)13-6-4-5-8(12)11-3/h4-7,10H2,1-3H3,(H,11,12). The molecule has 0 aromatic carbocycles. The van der Waals surface area contributed by atoms with Gasteiger partial charge < -0.3 is 15.8 Å². The van der Waals surface area contributed by atoms with Crippen molar-refractivity contribution >= 4 is 5.91 Å². The molecule has 0 fully saturated rings. The highest BCUT2D eigenvalue weighted by molar-refractivity contribution is 5.75. The van der Waals surface area contributed by atoms with E-state index in [1.165, 1.54) is 0 Å². The fourth-order valence-corrected chi connectivity index (χ4v) is 0.765. The molecule has 4 heteroatoms. The number of nitrogens with one attached hydrogen (secondary N) is 1. The fourth-order valence-electron chi connectivity index (χ4n) is 0.765. The van der Waals surface area contributed by atoms with Gasteiger partial charge in [-0.2, -0.15) is 0 Å². The van der Waals surface area contributed by atoms with Gasteiger partial charge in [0.05, 0.1) is 5.60 Å². The van der Waals surface area contributed by atoms with Gasteiger partial charge in [-0.25, -0.2) is 0 Å². The molecule has 0 rings (SSSR count). The smallest absolute Gasteiger partial charge is 0.219 e. The summed E-state index contributed by atoms with van der Waals surface area (Å²) in [6, 6.07) is 0. The molecule has 0 saturated carbocycles. The third-order valence-electron chi connectivity index (χ3n) is 1.81. The Hall–Kier alpha value is -0.610. The molecule has 0 spiro atoms. The molecule has 0 bridgehead atoms. The van der Waals surface area contributed by atoms with Crippen molar-refractivity contribution in [3.05, 3.63) is 0 Å². The third-order valence-corrected chi connectivity index (χ3v) is 1.81. The molecule has 0 aliphatic rings. The van der Waals surface area contributed by atoms with Crippen LogP contribution in [0.15, 0.2) is 0 Å². The fraction of sp³-hybridized carbons (Fsp3) is 0.889. The van der Waals surface area contributed by atoms with Crippen LogP contribution < -0.4 is 11.1 Å². The van der Waals surface area contributed by atoms with E-state index in [0.29, 0.717) is 19.6 Å². The van der Waals surface area contributed by atoms with Crippen LogP contribution in [0.25, 0.3) is 0 Å². The first-order valence-electron chi connectivity index (χ1n) is 4.56. The van der Waals surface area contributed by atoms with E-state index in [9.17, 15) is 4.79 Å². The molecule has 0 aromatic heterocycles. The SMILES string of the molecule is CNC(=O)CCCOC(C)(C)CN.